The van der Waals surface area contributed by atoms with Gasteiger partial charge in [-0.25, -0.2) is 0 Å². The second-order valence-electron chi connectivity index (χ2n) is 16.8. The Bertz CT molecular complexity index is 2300. The van der Waals surface area contributed by atoms with Crippen LogP contribution in [0.2, 0.25) is 5.02 Å². The largest absolute Gasteiger partial charge is 0.381 e. The van der Waals surface area contributed by atoms with Crippen LogP contribution < -0.4 is 25.5 Å². The Morgan fingerprint density at radius 1 is 0.820 bits per heavy atom. The van der Waals surface area contributed by atoms with Crippen molar-refractivity contribution in [1.29, 1.82) is 0 Å². The predicted octanol–water partition coefficient (Wildman–Crippen LogP) is 11.1. The minimum absolute atomic E-state index is 0.276. The molecule has 0 radical (unpaired) electrons. The Morgan fingerprint density at radius 2 is 1.49 bits per heavy atom. The van der Waals surface area contributed by atoms with Gasteiger partial charge >= 0.3 is 0 Å². The number of aromatic nitrogens is 1. The minimum atomic E-state index is -2.57. The first-order valence-electron chi connectivity index (χ1n) is 21.9. The number of piperazine rings is 1. The highest BCUT2D eigenvalue weighted by atomic mass is 35.5. The lowest BCUT2D eigenvalue weighted by molar-refractivity contribution is 0.0371. The summed E-state index contributed by atoms with van der Waals surface area (Å²) in [5, 5.41) is 9.18. The fraction of sp³-hybridized carbons (Fsp3) is 0.429. The molecule has 8 nitrogen and oxygen atoms in total. The highest BCUT2D eigenvalue weighted by molar-refractivity contribution is 8.16. The Kier molecular flexibility index (Phi) is 15.2. The van der Waals surface area contributed by atoms with Crippen LogP contribution >= 0.6 is 30.6 Å². The molecule has 2 N–H and O–H groups in total. The van der Waals surface area contributed by atoms with E-state index in [9.17, 15) is 0 Å². The second kappa shape index (κ2) is 20.4. The molecule has 7 rings (SSSR count). The number of benzene rings is 4. The molecule has 1 unspecified atom stereocenters. The first-order chi connectivity index (χ1) is 29.4. The molecule has 5 aromatic rings. The topological polar surface area (TPSA) is 57.2 Å². The summed E-state index contributed by atoms with van der Waals surface area (Å²) in [5.74, 6) is 0.768. The van der Waals surface area contributed by atoms with Crippen LogP contribution in [-0.4, -0.2) is 86.9 Å². The molecule has 1 aromatic heterocycles. The summed E-state index contributed by atoms with van der Waals surface area (Å²) >= 11 is 17.3. The Morgan fingerprint density at radius 3 is 2.11 bits per heavy atom. The molecule has 0 bridgehead atoms. The van der Waals surface area contributed by atoms with Gasteiger partial charge in [0.15, 0.2) is 6.42 Å². The summed E-state index contributed by atoms with van der Waals surface area (Å²) in [7, 11) is 0. The van der Waals surface area contributed by atoms with E-state index < -0.39 is 6.42 Å². The van der Waals surface area contributed by atoms with E-state index in [1.54, 1.807) is 0 Å². The molecule has 0 spiro atoms. The van der Waals surface area contributed by atoms with Crippen LogP contribution in [0.1, 0.15) is 55.6 Å². The third kappa shape index (κ3) is 10.7. The van der Waals surface area contributed by atoms with Crippen LogP contribution in [-0.2, 0) is 21.1 Å². The Hall–Kier alpha value is -3.47. The van der Waals surface area contributed by atoms with Gasteiger partial charge < -0.3 is 34.0 Å². The van der Waals surface area contributed by atoms with Gasteiger partial charge in [0, 0.05) is 108 Å². The molecule has 326 valence electrons. The van der Waals surface area contributed by atoms with Gasteiger partial charge in [0.1, 0.15) is 0 Å². The maximum absolute atomic E-state index is 6.37. The number of nitrogens with zero attached hydrogens (tertiary/aromatic N) is 4. The third-order valence-corrected chi connectivity index (χ3v) is 16.3. The maximum atomic E-state index is 6.37. The molecule has 0 aliphatic carbocycles. The molecular weight excluding hydrogens is 835 g/mol. The number of aryl methyl sites for hydroxylation is 2. The van der Waals surface area contributed by atoms with Gasteiger partial charge in [0.25, 0.3) is 0 Å². The van der Waals surface area contributed by atoms with E-state index in [0.29, 0.717) is 12.6 Å². The standard InChI is InChI=1S/C49H64ClN6O2PS2/c1-8-58-59(61,46-17-18-47(36(5)31-46)51-43(33-60)19-20-53-25-27-57-28-26-53)52-42-13-15-44(16-14-42)54-21-23-55(24-22-54)45-30-35(4)29-40(32-45)48-37(6)38(7)56(34(2)3)49(48)39-9-11-41(50)12-10-39/h9-18,29-32,34,43,51,60H,8,19-28,33H2,1-7H3,(H,52,61)/t43-,59?/m1/s1. The third-order valence-electron chi connectivity index (χ3n) is 12.2. The molecule has 0 amide bonds. The minimum Gasteiger partial charge on any atom is -0.381 e. The molecule has 0 saturated carbocycles. The fourth-order valence-electron chi connectivity index (χ4n) is 8.88. The molecule has 2 atom stereocenters. The zero-order valence-electron chi connectivity index (χ0n) is 37.0. The van der Waals surface area contributed by atoms with Crippen molar-refractivity contribution in [2.45, 2.75) is 67.0 Å². The summed E-state index contributed by atoms with van der Waals surface area (Å²) in [6.45, 7) is 24.4. The van der Waals surface area contributed by atoms with Crippen molar-refractivity contribution in [2.24, 2.45) is 0 Å². The molecule has 4 aromatic carbocycles. The lowest BCUT2D eigenvalue weighted by atomic mass is 9.95. The quantitative estimate of drug-likeness (QED) is 0.0669. The van der Waals surface area contributed by atoms with Crippen molar-refractivity contribution >= 4 is 70.5 Å². The number of anilines is 4. The van der Waals surface area contributed by atoms with Gasteiger partial charge in [-0.15, -0.1) is 0 Å². The van der Waals surface area contributed by atoms with Gasteiger partial charge in [0.2, 0.25) is 0 Å². The lowest BCUT2D eigenvalue weighted by Crippen LogP contribution is -2.46. The number of nitrogens with one attached hydrogen (secondary N) is 2. The second-order valence-corrected chi connectivity index (χ2v) is 21.3. The van der Waals surface area contributed by atoms with Crippen LogP contribution in [0, 0.1) is 27.7 Å². The van der Waals surface area contributed by atoms with E-state index in [0.717, 1.165) is 98.5 Å². The van der Waals surface area contributed by atoms with Crippen molar-refractivity contribution in [1.82, 2.24) is 9.47 Å². The summed E-state index contributed by atoms with van der Waals surface area (Å²) in [6.07, 6.45) is -1.54. The van der Waals surface area contributed by atoms with Crippen LogP contribution in [0.4, 0.5) is 22.7 Å². The van der Waals surface area contributed by atoms with E-state index in [4.69, 9.17) is 32.7 Å². The zero-order valence-corrected chi connectivity index (χ0v) is 40.4. The number of thiol groups is 1. The van der Waals surface area contributed by atoms with Crippen molar-refractivity contribution in [3.63, 3.8) is 0 Å². The summed E-state index contributed by atoms with van der Waals surface area (Å²) in [5.41, 5.74) is 14.6. The van der Waals surface area contributed by atoms with E-state index in [1.165, 1.54) is 50.6 Å². The average molecular weight is 900 g/mol. The van der Waals surface area contributed by atoms with E-state index >= 15 is 0 Å². The molecule has 2 saturated heterocycles. The number of halogens is 1. The average Bonchev–Trinajstić information content (AvgIpc) is 3.53. The summed E-state index contributed by atoms with van der Waals surface area (Å²) < 4.78 is 14.4. The monoisotopic (exact) mass is 898 g/mol. The molecule has 2 fully saturated rings. The van der Waals surface area contributed by atoms with Crippen LogP contribution in [0.5, 0.6) is 0 Å². The van der Waals surface area contributed by atoms with Crippen LogP contribution in [0.3, 0.4) is 0 Å². The van der Waals surface area contributed by atoms with Crippen molar-refractivity contribution < 1.29 is 9.26 Å². The van der Waals surface area contributed by atoms with Crippen molar-refractivity contribution in [2.75, 3.05) is 91.6 Å². The van der Waals surface area contributed by atoms with Gasteiger partial charge in [-0.2, -0.15) is 12.6 Å². The van der Waals surface area contributed by atoms with Gasteiger partial charge in [-0.05, 0) is 161 Å². The Labute approximate surface area is 380 Å². The number of morpholine rings is 1. The first-order valence-corrected chi connectivity index (χ1v) is 25.6. The SMILES string of the molecule is CCOP(=S)(Nc1ccc(N2CCN(c3cc(C)cc(-c4c(C)c(C)n(C(C)C)c4-c4ccc(Cl)cc4)c3)CC2)cc1)c1ccc(N[C@@H](CS)CCN2CCOCC2)c(C)c1. The summed E-state index contributed by atoms with van der Waals surface area (Å²) in [6, 6.07) is 31.2. The number of hydrogen-bond donors (Lipinski definition) is 3. The first kappa shape index (κ1) is 45.6. The van der Waals surface area contributed by atoms with E-state index in [2.05, 4.69) is 157 Å². The number of rotatable bonds is 16. The highest BCUT2D eigenvalue weighted by Crippen LogP contribution is 2.47. The summed E-state index contributed by atoms with van der Waals surface area (Å²) in [4.78, 5) is 7.50. The molecule has 2 aliphatic heterocycles. The molecular formula is C49H64ClN6O2PS2. The molecule has 2 aliphatic rings. The molecule has 61 heavy (non-hydrogen) atoms. The van der Waals surface area contributed by atoms with E-state index in [1.807, 2.05) is 19.1 Å². The number of hydrogen-bond acceptors (Lipinski definition) is 8. The van der Waals surface area contributed by atoms with Crippen molar-refractivity contribution in [3.05, 3.63) is 112 Å². The smallest absolute Gasteiger partial charge is 0.183 e. The number of ether oxygens (including phenoxy) is 1. The maximum Gasteiger partial charge on any atom is 0.183 e. The lowest BCUT2D eigenvalue weighted by Gasteiger charge is -2.38. The zero-order chi connectivity index (χ0) is 43.3. The van der Waals surface area contributed by atoms with E-state index in [-0.39, 0.29) is 6.04 Å². The normalized spacial score (nSPS) is 16.5. The van der Waals surface area contributed by atoms with Gasteiger partial charge in [0.05, 0.1) is 25.5 Å². The highest BCUT2D eigenvalue weighted by Gasteiger charge is 2.26. The predicted molar refractivity (Wildman–Crippen MR) is 269 cm³/mol. The Balaban J connectivity index is 1.01. The van der Waals surface area contributed by atoms with Crippen LogP contribution in [0.15, 0.2) is 84.9 Å². The fourth-order valence-corrected chi connectivity index (χ4v) is 12.1. The van der Waals surface area contributed by atoms with Crippen molar-refractivity contribution in [3.8, 4) is 22.4 Å². The molecule has 12 heteroatoms. The van der Waals surface area contributed by atoms with Gasteiger partial charge in [-0.1, -0.05) is 29.8 Å². The van der Waals surface area contributed by atoms with Crippen LogP contribution in [0.25, 0.3) is 22.4 Å². The molecule has 3 heterocycles. The van der Waals surface area contributed by atoms with Gasteiger partial charge in [-0.3, -0.25) is 4.90 Å².